The number of aryl methyl sites for hydroxylation is 2. The first-order valence-electron chi connectivity index (χ1n) is 14.9. The Labute approximate surface area is 281 Å². The Balaban J connectivity index is 1.49. The Bertz CT molecular complexity index is 2000. The maximum atomic E-state index is 13.8. The summed E-state index contributed by atoms with van der Waals surface area (Å²) in [6, 6.07) is 22.1. The summed E-state index contributed by atoms with van der Waals surface area (Å²) in [6.45, 7) is 10.3. The van der Waals surface area contributed by atoms with Crippen LogP contribution in [0.4, 0.5) is 5.69 Å². The summed E-state index contributed by atoms with van der Waals surface area (Å²) in [5, 5.41) is 8.18. The number of amides is 1. The van der Waals surface area contributed by atoms with Gasteiger partial charge in [0.1, 0.15) is 5.75 Å². The van der Waals surface area contributed by atoms with Crippen LogP contribution in [-0.2, 0) is 4.79 Å². The number of para-hydroxylation sites is 2. The second-order valence-corrected chi connectivity index (χ2v) is 12.3. The Morgan fingerprint density at radius 1 is 1.04 bits per heavy atom. The molecule has 1 heterocycles. The summed E-state index contributed by atoms with van der Waals surface area (Å²) >= 11 is 10.1. The van der Waals surface area contributed by atoms with E-state index in [1.54, 1.807) is 30.5 Å². The van der Waals surface area contributed by atoms with Crippen molar-refractivity contribution in [1.29, 1.82) is 0 Å². The van der Waals surface area contributed by atoms with Crippen LogP contribution >= 0.6 is 27.5 Å². The molecule has 1 N–H and O–H groups in total. The summed E-state index contributed by atoms with van der Waals surface area (Å²) in [6.07, 6.45) is 1.54. The van der Waals surface area contributed by atoms with Gasteiger partial charge >= 0.3 is 0 Å². The van der Waals surface area contributed by atoms with Crippen molar-refractivity contribution >= 4 is 56.2 Å². The number of rotatable bonds is 10. The maximum Gasteiger partial charge on any atom is 0.282 e. The highest BCUT2D eigenvalue weighted by atomic mass is 79.9. The lowest BCUT2D eigenvalue weighted by molar-refractivity contribution is -0.118. The third kappa shape index (κ3) is 7.16. The van der Waals surface area contributed by atoms with Gasteiger partial charge in [0.05, 0.1) is 33.2 Å². The normalized spacial score (nSPS) is 11.4. The quantitative estimate of drug-likeness (QED) is 0.147. The van der Waals surface area contributed by atoms with Crippen LogP contribution in [0.2, 0.25) is 5.02 Å². The summed E-state index contributed by atoms with van der Waals surface area (Å²) in [4.78, 5) is 31.3. The lowest BCUT2D eigenvalue weighted by Crippen LogP contribution is -2.21. The van der Waals surface area contributed by atoms with Gasteiger partial charge < -0.3 is 14.8 Å². The van der Waals surface area contributed by atoms with E-state index in [-0.39, 0.29) is 29.0 Å². The minimum atomic E-state index is -0.316. The van der Waals surface area contributed by atoms with Crippen LogP contribution in [0.15, 0.2) is 87.2 Å². The predicted octanol–water partition coefficient (Wildman–Crippen LogP) is 8.52. The van der Waals surface area contributed by atoms with Gasteiger partial charge in [0.2, 0.25) is 0 Å². The van der Waals surface area contributed by atoms with Gasteiger partial charge in [-0.2, -0.15) is 9.78 Å². The fourth-order valence-electron chi connectivity index (χ4n) is 5.03. The number of nitrogens with one attached hydrogen (secondary N) is 1. The average Bonchev–Trinajstić information content (AvgIpc) is 3.01. The van der Waals surface area contributed by atoms with Crippen LogP contribution in [0, 0.1) is 13.8 Å². The van der Waals surface area contributed by atoms with Crippen molar-refractivity contribution in [1.82, 2.24) is 9.66 Å². The molecule has 4 aromatic carbocycles. The van der Waals surface area contributed by atoms with Gasteiger partial charge in [-0.15, -0.1) is 0 Å². The number of nitrogens with zero attached hydrogens (tertiary/aromatic N) is 3. The number of hydrogen-bond acceptors (Lipinski definition) is 6. The van der Waals surface area contributed by atoms with Crippen molar-refractivity contribution in [3.63, 3.8) is 0 Å². The molecule has 0 radical (unpaired) electrons. The van der Waals surface area contributed by atoms with E-state index in [0.29, 0.717) is 44.8 Å². The second kappa shape index (κ2) is 14.3. The molecule has 0 unspecified atom stereocenters. The van der Waals surface area contributed by atoms with E-state index in [1.807, 2.05) is 69.3 Å². The molecule has 10 heteroatoms. The molecule has 5 rings (SSSR count). The summed E-state index contributed by atoms with van der Waals surface area (Å²) in [5.41, 5.74) is 5.22. The van der Waals surface area contributed by atoms with Crippen molar-refractivity contribution < 1.29 is 14.3 Å². The minimum Gasteiger partial charge on any atom is -0.494 e. The number of benzene rings is 4. The van der Waals surface area contributed by atoms with Crippen molar-refractivity contribution in [2.24, 2.45) is 5.10 Å². The molecule has 0 spiro atoms. The first kappa shape index (κ1) is 32.9. The molecule has 0 bridgehead atoms. The lowest BCUT2D eigenvalue weighted by atomic mass is 9.96. The van der Waals surface area contributed by atoms with Crippen LogP contribution in [0.1, 0.15) is 48.9 Å². The first-order valence-corrected chi connectivity index (χ1v) is 16.1. The molecule has 5 aromatic rings. The summed E-state index contributed by atoms with van der Waals surface area (Å²) in [5.74, 6) is 1.40. The molecule has 0 saturated carbocycles. The minimum absolute atomic E-state index is 0.179. The fraction of sp³-hybridized carbons (Fsp3) is 0.222. The Morgan fingerprint density at radius 2 is 1.78 bits per heavy atom. The number of halogens is 2. The van der Waals surface area contributed by atoms with Gasteiger partial charge in [-0.05, 0) is 107 Å². The van der Waals surface area contributed by atoms with Crippen LogP contribution in [-0.4, -0.2) is 35.0 Å². The van der Waals surface area contributed by atoms with Crippen molar-refractivity contribution in [3.05, 3.63) is 115 Å². The fourth-order valence-corrected chi connectivity index (χ4v) is 6.02. The topological polar surface area (TPSA) is 94.8 Å². The van der Waals surface area contributed by atoms with E-state index in [4.69, 9.17) is 26.1 Å². The molecule has 46 heavy (non-hydrogen) atoms. The zero-order chi connectivity index (χ0) is 33.0. The van der Waals surface area contributed by atoms with Crippen molar-refractivity contribution in [2.75, 3.05) is 18.5 Å². The molecule has 1 aromatic heterocycles. The monoisotopic (exact) mass is 700 g/mol. The van der Waals surface area contributed by atoms with E-state index in [0.717, 1.165) is 28.0 Å². The zero-order valence-electron chi connectivity index (χ0n) is 26.2. The standard InChI is InChI=1S/C36H34BrClN4O4/c1-6-45-32-15-23(5)27(18-26(32)21(2)3)35-41-31-14-10-8-12-25(31)36(44)42(35)39-19-24-16-28(37)34(29(38)17-24)46-20-33(43)40-30-13-9-7-11-22(30)4/h7-19,21H,6,20H2,1-5H3,(H,40,43). The van der Waals surface area contributed by atoms with Crippen LogP contribution in [0.25, 0.3) is 22.3 Å². The molecule has 8 nitrogen and oxygen atoms in total. The smallest absolute Gasteiger partial charge is 0.282 e. The maximum absolute atomic E-state index is 13.8. The van der Waals surface area contributed by atoms with Gasteiger partial charge in [0.25, 0.3) is 11.5 Å². The molecule has 0 saturated heterocycles. The predicted molar refractivity (Wildman–Crippen MR) is 189 cm³/mol. The highest BCUT2D eigenvalue weighted by molar-refractivity contribution is 9.10. The number of ether oxygens (including phenoxy) is 2. The third-order valence-corrected chi connectivity index (χ3v) is 8.25. The number of carbonyl (C=O) groups excluding carboxylic acids is 1. The van der Waals surface area contributed by atoms with E-state index < -0.39 is 0 Å². The number of aromatic nitrogens is 2. The third-order valence-electron chi connectivity index (χ3n) is 7.38. The van der Waals surface area contributed by atoms with Gasteiger partial charge in [0, 0.05) is 11.3 Å². The van der Waals surface area contributed by atoms with Gasteiger partial charge in [-0.1, -0.05) is 55.8 Å². The summed E-state index contributed by atoms with van der Waals surface area (Å²) < 4.78 is 13.5. The van der Waals surface area contributed by atoms with Crippen LogP contribution in [0.5, 0.6) is 11.5 Å². The van der Waals surface area contributed by atoms with Crippen molar-refractivity contribution in [2.45, 2.75) is 40.5 Å². The second-order valence-electron chi connectivity index (χ2n) is 11.1. The van der Waals surface area contributed by atoms with Gasteiger partial charge in [0.15, 0.2) is 18.2 Å². The molecule has 0 fully saturated rings. The molecule has 0 aliphatic heterocycles. The highest BCUT2D eigenvalue weighted by Crippen LogP contribution is 2.36. The highest BCUT2D eigenvalue weighted by Gasteiger charge is 2.19. The zero-order valence-corrected chi connectivity index (χ0v) is 28.6. The molecular formula is C36H34BrClN4O4. The van der Waals surface area contributed by atoms with Crippen LogP contribution in [0.3, 0.4) is 0 Å². The van der Waals surface area contributed by atoms with E-state index in [9.17, 15) is 9.59 Å². The Hall–Kier alpha value is -4.47. The average molecular weight is 702 g/mol. The van der Waals surface area contributed by atoms with Gasteiger partial charge in [-0.3, -0.25) is 9.59 Å². The first-order chi connectivity index (χ1) is 22.1. The van der Waals surface area contributed by atoms with E-state index >= 15 is 0 Å². The van der Waals surface area contributed by atoms with Crippen molar-refractivity contribution in [3.8, 4) is 22.9 Å². The Morgan fingerprint density at radius 3 is 2.50 bits per heavy atom. The largest absolute Gasteiger partial charge is 0.494 e. The number of fused-ring (bicyclic) bond motifs is 1. The lowest BCUT2D eigenvalue weighted by Gasteiger charge is -2.18. The summed E-state index contributed by atoms with van der Waals surface area (Å²) in [7, 11) is 0. The van der Waals surface area contributed by atoms with E-state index in [2.05, 4.69) is 40.2 Å². The molecule has 1 amide bonds. The molecule has 0 aliphatic carbocycles. The molecular weight excluding hydrogens is 668 g/mol. The number of carbonyl (C=O) groups is 1. The van der Waals surface area contributed by atoms with Crippen LogP contribution < -0.4 is 20.3 Å². The SMILES string of the molecule is CCOc1cc(C)c(-c2nc3ccccc3c(=O)n2N=Cc2cc(Cl)c(OCC(=O)Nc3ccccc3C)c(Br)c2)cc1C(C)C. The van der Waals surface area contributed by atoms with Gasteiger partial charge in [-0.25, -0.2) is 4.98 Å². The molecule has 0 aliphatic rings. The number of anilines is 1. The molecule has 0 atom stereocenters. The molecule has 236 valence electrons. The number of hydrogen-bond donors (Lipinski definition) is 1. The Kier molecular flexibility index (Phi) is 10.2. The van der Waals surface area contributed by atoms with E-state index in [1.165, 1.54) is 4.68 Å².